The molecule has 1 aliphatic heterocycles. The molecule has 1 aromatic rings. The maximum atomic E-state index is 12.2. The quantitative estimate of drug-likeness (QED) is 0.835. The zero-order chi connectivity index (χ0) is 12.3. The molecule has 1 N–H and O–H groups in total. The normalized spacial score (nSPS) is 20.2. The fraction of sp³-hybridized carbons (Fsp3) is 0.500. The predicted octanol–water partition coefficient (Wildman–Crippen LogP) is 2.58. The third-order valence-electron chi connectivity index (χ3n) is 3.12. The van der Waals surface area contributed by atoms with E-state index in [2.05, 4.69) is 11.4 Å². The molecular weight excluding hydrogens is 230 g/mol. The molecule has 1 unspecified atom stereocenters. The molecule has 17 heavy (non-hydrogen) atoms. The van der Waals surface area contributed by atoms with E-state index in [4.69, 9.17) is 0 Å². The first-order chi connectivity index (χ1) is 8.16. The van der Waals surface area contributed by atoms with E-state index in [-0.39, 0.29) is 5.78 Å². The molecule has 92 valence electrons. The Hall–Kier alpha value is -0.800. The van der Waals surface area contributed by atoms with E-state index in [1.54, 1.807) is 0 Å². The maximum Gasteiger partial charge on any atom is 0.164 e. The second-order valence-corrected chi connectivity index (χ2v) is 5.82. The molecule has 0 bridgehead atoms. The van der Waals surface area contributed by atoms with E-state index in [0.717, 1.165) is 34.7 Å². The highest BCUT2D eigenvalue weighted by atomic mass is 32.2. The summed E-state index contributed by atoms with van der Waals surface area (Å²) in [6.07, 6.45) is 0.622. The summed E-state index contributed by atoms with van der Waals surface area (Å²) in [4.78, 5) is 12.2. The van der Waals surface area contributed by atoms with Gasteiger partial charge in [0, 0.05) is 36.1 Å². The van der Waals surface area contributed by atoms with Crippen LogP contribution >= 0.6 is 11.8 Å². The minimum atomic E-state index is 0.270. The molecule has 0 aliphatic carbocycles. The van der Waals surface area contributed by atoms with Crippen molar-refractivity contribution in [3.63, 3.8) is 0 Å². The van der Waals surface area contributed by atoms with Gasteiger partial charge in [-0.25, -0.2) is 0 Å². The van der Waals surface area contributed by atoms with Crippen LogP contribution in [0.1, 0.15) is 27.9 Å². The van der Waals surface area contributed by atoms with Crippen molar-refractivity contribution in [1.82, 2.24) is 5.32 Å². The molecule has 1 fully saturated rings. The predicted molar refractivity (Wildman–Crippen MR) is 74.0 cm³/mol. The number of carbonyl (C=O) groups is 1. The molecule has 1 aromatic carbocycles. The van der Waals surface area contributed by atoms with Gasteiger partial charge in [0.1, 0.15) is 0 Å². The smallest absolute Gasteiger partial charge is 0.164 e. The average molecular weight is 249 g/mol. The van der Waals surface area contributed by atoms with Gasteiger partial charge in [0.15, 0.2) is 5.78 Å². The molecule has 2 nitrogen and oxygen atoms in total. The average Bonchev–Trinajstić information content (AvgIpc) is 2.33. The van der Waals surface area contributed by atoms with Crippen molar-refractivity contribution in [2.75, 3.05) is 18.1 Å². The number of carbonyl (C=O) groups excluding carboxylic acids is 1. The van der Waals surface area contributed by atoms with Crippen LogP contribution < -0.4 is 5.32 Å². The summed E-state index contributed by atoms with van der Waals surface area (Å²) in [5.74, 6) is 2.48. The van der Waals surface area contributed by atoms with E-state index < -0.39 is 0 Å². The van der Waals surface area contributed by atoms with Gasteiger partial charge in [0.25, 0.3) is 0 Å². The monoisotopic (exact) mass is 249 g/mol. The number of benzene rings is 1. The molecule has 1 heterocycles. The van der Waals surface area contributed by atoms with Crippen molar-refractivity contribution in [2.45, 2.75) is 26.3 Å². The summed E-state index contributed by atoms with van der Waals surface area (Å²) in [7, 11) is 0. The SMILES string of the molecule is Cc1ccc(C)c(C(=O)CC2CSCCN2)c1. The maximum absolute atomic E-state index is 12.2. The first-order valence-corrected chi connectivity index (χ1v) is 7.24. The Kier molecular flexibility index (Phi) is 4.24. The topological polar surface area (TPSA) is 29.1 Å². The lowest BCUT2D eigenvalue weighted by Gasteiger charge is -2.22. The zero-order valence-electron chi connectivity index (χ0n) is 10.5. The fourth-order valence-electron chi connectivity index (χ4n) is 2.12. The summed E-state index contributed by atoms with van der Waals surface area (Å²) in [5.41, 5.74) is 3.14. The van der Waals surface area contributed by atoms with Gasteiger partial charge in [-0.2, -0.15) is 11.8 Å². The van der Waals surface area contributed by atoms with Gasteiger partial charge in [-0.3, -0.25) is 4.79 Å². The highest BCUT2D eigenvalue weighted by Crippen LogP contribution is 2.16. The van der Waals surface area contributed by atoms with Crippen molar-refractivity contribution in [3.05, 3.63) is 34.9 Å². The first kappa shape index (κ1) is 12.7. The molecule has 1 atom stereocenters. The van der Waals surface area contributed by atoms with Crippen molar-refractivity contribution in [2.24, 2.45) is 0 Å². The Labute approximate surface area is 107 Å². The Morgan fingerprint density at radius 3 is 3.00 bits per heavy atom. The lowest BCUT2D eigenvalue weighted by Crippen LogP contribution is -2.38. The number of ketones is 1. The van der Waals surface area contributed by atoms with E-state index >= 15 is 0 Å². The number of hydrogen-bond acceptors (Lipinski definition) is 3. The molecule has 3 heteroatoms. The third-order valence-corrected chi connectivity index (χ3v) is 4.25. The highest BCUT2D eigenvalue weighted by Gasteiger charge is 2.18. The third kappa shape index (κ3) is 3.33. The van der Waals surface area contributed by atoms with Crippen LogP contribution in [0, 0.1) is 13.8 Å². The Balaban J connectivity index is 2.05. The molecular formula is C14H19NOS. The summed E-state index contributed by atoms with van der Waals surface area (Å²) in [6, 6.07) is 6.45. The van der Waals surface area contributed by atoms with Crippen LogP contribution in [-0.4, -0.2) is 29.9 Å². The minimum Gasteiger partial charge on any atom is -0.312 e. The van der Waals surface area contributed by atoms with Gasteiger partial charge in [-0.05, 0) is 25.5 Å². The van der Waals surface area contributed by atoms with E-state index in [0.29, 0.717) is 12.5 Å². The molecule has 0 saturated carbocycles. The van der Waals surface area contributed by atoms with Gasteiger partial charge in [-0.15, -0.1) is 0 Å². The lowest BCUT2D eigenvalue weighted by atomic mass is 9.98. The number of rotatable bonds is 3. The Morgan fingerprint density at radius 1 is 1.47 bits per heavy atom. The molecule has 2 rings (SSSR count). The number of nitrogens with one attached hydrogen (secondary N) is 1. The van der Waals surface area contributed by atoms with E-state index in [1.165, 1.54) is 0 Å². The van der Waals surface area contributed by atoms with Crippen molar-refractivity contribution in [1.29, 1.82) is 0 Å². The Morgan fingerprint density at radius 2 is 2.29 bits per heavy atom. The van der Waals surface area contributed by atoms with Crippen LogP contribution in [0.25, 0.3) is 0 Å². The van der Waals surface area contributed by atoms with Crippen molar-refractivity contribution < 1.29 is 4.79 Å². The summed E-state index contributed by atoms with van der Waals surface area (Å²) < 4.78 is 0. The van der Waals surface area contributed by atoms with Crippen LogP contribution in [0.3, 0.4) is 0 Å². The summed E-state index contributed by atoms with van der Waals surface area (Å²) >= 11 is 1.93. The minimum absolute atomic E-state index is 0.270. The Bertz CT molecular complexity index is 411. The molecule has 0 spiro atoms. The van der Waals surface area contributed by atoms with Crippen molar-refractivity contribution >= 4 is 17.5 Å². The largest absolute Gasteiger partial charge is 0.312 e. The lowest BCUT2D eigenvalue weighted by molar-refractivity contribution is 0.0971. The second kappa shape index (κ2) is 5.69. The molecule has 0 radical (unpaired) electrons. The fourth-order valence-corrected chi connectivity index (χ4v) is 3.07. The molecule has 0 aromatic heterocycles. The van der Waals surface area contributed by atoms with Gasteiger partial charge < -0.3 is 5.32 Å². The van der Waals surface area contributed by atoms with Gasteiger partial charge in [0.2, 0.25) is 0 Å². The van der Waals surface area contributed by atoms with Crippen LogP contribution in [0.2, 0.25) is 0 Å². The molecule has 1 aliphatic rings. The second-order valence-electron chi connectivity index (χ2n) is 4.67. The van der Waals surface area contributed by atoms with Gasteiger partial charge >= 0.3 is 0 Å². The number of Topliss-reactive ketones (excluding diaryl/α,β-unsaturated/α-hetero) is 1. The molecule has 1 saturated heterocycles. The standard InChI is InChI=1S/C14H19NOS/c1-10-3-4-11(2)13(7-10)14(16)8-12-9-17-6-5-15-12/h3-4,7,12,15H,5-6,8-9H2,1-2H3. The summed E-state index contributed by atoms with van der Waals surface area (Å²) in [6.45, 7) is 5.07. The van der Waals surface area contributed by atoms with Crippen LogP contribution in [0.5, 0.6) is 0 Å². The van der Waals surface area contributed by atoms with Gasteiger partial charge in [-0.1, -0.05) is 17.7 Å². The van der Waals surface area contributed by atoms with Crippen LogP contribution in [-0.2, 0) is 0 Å². The number of thioether (sulfide) groups is 1. The number of hydrogen-bond donors (Lipinski definition) is 1. The van der Waals surface area contributed by atoms with E-state index in [9.17, 15) is 4.79 Å². The number of aryl methyl sites for hydroxylation is 2. The zero-order valence-corrected chi connectivity index (χ0v) is 11.3. The van der Waals surface area contributed by atoms with Crippen LogP contribution in [0.15, 0.2) is 18.2 Å². The first-order valence-electron chi connectivity index (χ1n) is 6.08. The summed E-state index contributed by atoms with van der Waals surface area (Å²) in [5, 5.41) is 3.41. The molecule has 0 amide bonds. The van der Waals surface area contributed by atoms with Gasteiger partial charge in [0.05, 0.1) is 0 Å². The van der Waals surface area contributed by atoms with Crippen LogP contribution in [0.4, 0.5) is 0 Å². The van der Waals surface area contributed by atoms with E-state index in [1.807, 2.05) is 37.7 Å². The van der Waals surface area contributed by atoms with Crippen molar-refractivity contribution in [3.8, 4) is 0 Å². The highest BCUT2D eigenvalue weighted by molar-refractivity contribution is 7.99.